The van der Waals surface area contributed by atoms with E-state index < -0.39 is 11.6 Å². The van der Waals surface area contributed by atoms with Gasteiger partial charge in [-0.15, -0.1) is 11.3 Å². The maximum absolute atomic E-state index is 14.8. The van der Waals surface area contributed by atoms with Crippen molar-refractivity contribution in [2.75, 3.05) is 13.2 Å². The molecule has 128 valence electrons. The number of thiophene rings is 1. The zero-order chi connectivity index (χ0) is 17.3. The number of fused-ring (bicyclic) bond motifs is 3. The topological polar surface area (TPSA) is 18.5 Å². The number of ether oxygens (including phenoxy) is 2. The Morgan fingerprint density at radius 3 is 2.46 bits per heavy atom. The van der Waals surface area contributed by atoms with Crippen LogP contribution in [0.25, 0.3) is 20.2 Å². The molecule has 0 unspecified atom stereocenters. The van der Waals surface area contributed by atoms with Gasteiger partial charge in [0.15, 0.2) is 23.1 Å². The normalized spacial score (nSPS) is 11.4. The van der Waals surface area contributed by atoms with E-state index in [-0.39, 0.29) is 11.5 Å². The largest absolute Gasteiger partial charge is 0.490 e. The van der Waals surface area contributed by atoms with Gasteiger partial charge in [-0.3, -0.25) is 0 Å². The van der Waals surface area contributed by atoms with Crippen LogP contribution in [0.2, 0.25) is 0 Å². The highest BCUT2D eigenvalue weighted by Gasteiger charge is 2.20. The van der Waals surface area contributed by atoms with Gasteiger partial charge in [0.25, 0.3) is 0 Å². The smallest absolute Gasteiger partial charge is 0.183 e. The van der Waals surface area contributed by atoms with Gasteiger partial charge in [0.1, 0.15) is 0 Å². The predicted molar refractivity (Wildman–Crippen MR) is 95.6 cm³/mol. The minimum absolute atomic E-state index is 0.227. The van der Waals surface area contributed by atoms with E-state index in [2.05, 4.69) is 6.92 Å². The van der Waals surface area contributed by atoms with Crippen molar-refractivity contribution in [2.24, 2.45) is 0 Å². The highest BCUT2D eigenvalue weighted by molar-refractivity contribution is 7.25. The molecule has 5 heteroatoms. The first-order valence-electron chi connectivity index (χ1n) is 8.17. The second-order valence-electron chi connectivity index (χ2n) is 5.70. The van der Waals surface area contributed by atoms with E-state index in [4.69, 9.17) is 9.47 Å². The second-order valence-corrected chi connectivity index (χ2v) is 6.73. The van der Waals surface area contributed by atoms with Crippen molar-refractivity contribution in [3.05, 3.63) is 35.4 Å². The van der Waals surface area contributed by atoms with Crippen LogP contribution in [-0.2, 0) is 0 Å². The molecule has 0 saturated heterocycles. The molecular formula is C19H20F2O2S. The molecule has 0 aliphatic carbocycles. The van der Waals surface area contributed by atoms with Crippen molar-refractivity contribution in [1.29, 1.82) is 0 Å². The van der Waals surface area contributed by atoms with Crippen molar-refractivity contribution in [3.8, 4) is 11.5 Å². The van der Waals surface area contributed by atoms with Crippen LogP contribution >= 0.6 is 11.3 Å². The van der Waals surface area contributed by atoms with Crippen molar-refractivity contribution in [2.45, 2.75) is 33.6 Å². The van der Waals surface area contributed by atoms with E-state index in [9.17, 15) is 8.78 Å². The van der Waals surface area contributed by atoms with Gasteiger partial charge in [0.05, 0.1) is 22.6 Å². The van der Waals surface area contributed by atoms with Crippen LogP contribution in [0.5, 0.6) is 11.5 Å². The number of hydrogen-bond acceptors (Lipinski definition) is 3. The highest BCUT2D eigenvalue weighted by atomic mass is 32.1. The number of halogens is 2. The SMILES string of the molecule is CCCCOc1ccc2c(sc3c(F)c(OCC)c(C)cc32)c1F. The summed E-state index contributed by atoms with van der Waals surface area (Å²) in [5, 5.41) is 1.42. The molecule has 0 bridgehead atoms. The fraction of sp³-hybridized carbons (Fsp3) is 0.368. The summed E-state index contributed by atoms with van der Waals surface area (Å²) in [5.74, 6) is -0.359. The molecule has 0 N–H and O–H groups in total. The average Bonchev–Trinajstić information content (AvgIpc) is 2.93. The minimum atomic E-state index is -0.417. The number of hydrogen-bond donors (Lipinski definition) is 0. The van der Waals surface area contributed by atoms with Crippen LogP contribution in [0.4, 0.5) is 8.78 Å². The van der Waals surface area contributed by atoms with Gasteiger partial charge in [-0.2, -0.15) is 0 Å². The van der Waals surface area contributed by atoms with E-state index in [0.29, 0.717) is 38.9 Å². The van der Waals surface area contributed by atoms with Gasteiger partial charge in [-0.05, 0) is 44.0 Å². The van der Waals surface area contributed by atoms with E-state index >= 15 is 0 Å². The molecule has 0 fully saturated rings. The second kappa shape index (κ2) is 6.93. The van der Waals surface area contributed by atoms with E-state index in [1.54, 1.807) is 19.1 Å². The van der Waals surface area contributed by atoms with E-state index in [0.717, 1.165) is 24.2 Å². The first kappa shape index (κ1) is 17.0. The third-order valence-corrected chi connectivity index (χ3v) is 5.17. The maximum atomic E-state index is 14.8. The summed E-state index contributed by atoms with van der Waals surface area (Å²) in [6.45, 7) is 6.53. The first-order chi connectivity index (χ1) is 11.6. The Morgan fingerprint density at radius 2 is 1.75 bits per heavy atom. The van der Waals surface area contributed by atoms with E-state index in [1.165, 1.54) is 0 Å². The van der Waals surface area contributed by atoms with Gasteiger partial charge in [-0.1, -0.05) is 13.3 Å². The Bertz CT molecular complexity index is 886. The fourth-order valence-corrected chi connectivity index (χ4v) is 3.90. The molecule has 2 aromatic carbocycles. The van der Waals surface area contributed by atoms with Crippen LogP contribution < -0.4 is 9.47 Å². The standard InChI is InChI=1S/C19H20F2O2S/c1-4-6-9-23-14-8-7-12-13-10-11(3)17(22-5-2)16(21)19(13)24-18(12)15(14)20/h7-8,10H,4-6,9H2,1-3H3. The van der Waals surface area contributed by atoms with Crippen LogP contribution in [0, 0.1) is 18.6 Å². The van der Waals surface area contributed by atoms with Crippen molar-refractivity contribution >= 4 is 31.5 Å². The molecule has 0 aliphatic heterocycles. The average molecular weight is 350 g/mol. The zero-order valence-electron chi connectivity index (χ0n) is 14.0. The number of benzene rings is 2. The summed E-state index contributed by atoms with van der Waals surface area (Å²) in [5.41, 5.74) is 0.713. The Balaban J connectivity index is 2.16. The lowest BCUT2D eigenvalue weighted by Crippen LogP contribution is -1.98. The predicted octanol–water partition coefficient (Wildman–Crippen LogP) is 6.22. The van der Waals surface area contributed by atoms with Crippen molar-refractivity contribution in [3.63, 3.8) is 0 Å². The molecule has 0 saturated carbocycles. The Labute approximate surface area is 144 Å². The Kier molecular flexibility index (Phi) is 4.90. The number of aryl methyl sites for hydroxylation is 1. The first-order valence-corrected chi connectivity index (χ1v) is 8.99. The Morgan fingerprint density at radius 1 is 1.00 bits per heavy atom. The van der Waals surface area contributed by atoms with Gasteiger partial charge in [0.2, 0.25) is 0 Å². The molecule has 0 amide bonds. The zero-order valence-corrected chi connectivity index (χ0v) is 14.9. The lowest BCUT2D eigenvalue weighted by Gasteiger charge is -2.09. The summed E-state index contributed by atoms with van der Waals surface area (Å²) >= 11 is 1.11. The molecule has 0 atom stereocenters. The quantitative estimate of drug-likeness (QED) is 0.491. The van der Waals surface area contributed by atoms with Gasteiger partial charge >= 0.3 is 0 Å². The molecule has 0 spiro atoms. The summed E-state index contributed by atoms with van der Waals surface area (Å²) < 4.78 is 41.3. The monoisotopic (exact) mass is 350 g/mol. The molecule has 3 aromatic rings. The maximum Gasteiger partial charge on any atom is 0.183 e. The summed E-state index contributed by atoms with van der Waals surface area (Å²) in [6.07, 6.45) is 1.85. The van der Waals surface area contributed by atoms with Gasteiger partial charge in [0, 0.05) is 10.8 Å². The fourth-order valence-electron chi connectivity index (χ4n) is 2.75. The summed E-state index contributed by atoms with van der Waals surface area (Å²) in [4.78, 5) is 0. The van der Waals surface area contributed by atoms with Gasteiger partial charge < -0.3 is 9.47 Å². The molecule has 0 aliphatic rings. The molecule has 1 heterocycles. The third kappa shape index (κ3) is 2.81. The molecule has 1 aromatic heterocycles. The van der Waals surface area contributed by atoms with Crippen molar-refractivity contribution in [1.82, 2.24) is 0 Å². The number of rotatable bonds is 6. The molecule has 0 radical (unpaired) electrons. The summed E-state index contributed by atoms with van der Waals surface area (Å²) in [7, 11) is 0. The molecule has 24 heavy (non-hydrogen) atoms. The third-order valence-electron chi connectivity index (χ3n) is 3.96. The van der Waals surface area contributed by atoms with Crippen LogP contribution in [-0.4, -0.2) is 13.2 Å². The highest BCUT2D eigenvalue weighted by Crippen LogP contribution is 2.43. The van der Waals surface area contributed by atoms with Crippen molar-refractivity contribution < 1.29 is 18.3 Å². The molecule has 2 nitrogen and oxygen atoms in total. The van der Waals surface area contributed by atoms with Crippen LogP contribution in [0.1, 0.15) is 32.3 Å². The number of unbranched alkanes of at least 4 members (excludes halogenated alkanes) is 1. The minimum Gasteiger partial charge on any atom is -0.490 e. The Hall–Kier alpha value is -1.88. The summed E-state index contributed by atoms with van der Waals surface area (Å²) in [6, 6.07) is 5.29. The van der Waals surface area contributed by atoms with Gasteiger partial charge in [-0.25, -0.2) is 8.78 Å². The van der Waals surface area contributed by atoms with Crippen LogP contribution in [0.3, 0.4) is 0 Å². The molecular weight excluding hydrogens is 330 g/mol. The molecule has 3 rings (SSSR count). The lowest BCUT2D eigenvalue weighted by atomic mass is 10.1. The lowest BCUT2D eigenvalue weighted by molar-refractivity contribution is 0.295. The van der Waals surface area contributed by atoms with E-state index in [1.807, 2.05) is 13.0 Å². The van der Waals surface area contributed by atoms with Crippen LogP contribution in [0.15, 0.2) is 18.2 Å².